The molecule has 0 aliphatic carbocycles. The Bertz CT molecular complexity index is 303. The van der Waals surface area contributed by atoms with Gasteiger partial charge in [0, 0.05) is 12.4 Å². The zero-order chi connectivity index (χ0) is 10.6. The maximum atomic E-state index is 10.9. The highest BCUT2D eigenvalue weighted by Crippen LogP contribution is 2.24. The van der Waals surface area contributed by atoms with Gasteiger partial charge < -0.3 is 5.11 Å². The van der Waals surface area contributed by atoms with E-state index in [0.717, 1.165) is 0 Å². The van der Waals surface area contributed by atoms with Crippen LogP contribution in [0.1, 0.15) is 13.8 Å². The summed E-state index contributed by atoms with van der Waals surface area (Å²) in [5, 5.41) is 8.95. The highest BCUT2D eigenvalue weighted by Gasteiger charge is 2.23. The van der Waals surface area contributed by atoms with Gasteiger partial charge >= 0.3 is 5.97 Å². The Labute approximate surface area is 86.8 Å². The lowest BCUT2D eigenvalue weighted by atomic mass is 10.1. The van der Waals surface area contributed by atoms with Crippen molar-refractivity contribution in [1.82, 2.24) is 9.97 Å². The topological polar surface area (TPSA) is 63.1 Å². The van der Waals surface area contributed by atoms with Crippen LogP contribution in [0.5, 0.6) is 0 Å². The van der Waals surface area contributed by atoms with Crippen molar-refractivity contribution in [1.29, 1.82) is 0 Å². The zero-order valence-corrected chi connectivity index (χ0v) is 8.86. The van der Waals surface area contributed by atoms with E-state index in [1.54, 1.807) is 18.5 Å². The van der Waals surface area contributed by atoms with Crippen molar-refractivity contribution in [3.05, 3.63) is 18.5 Å². The Hall–Kier alpha value is -1.10. The van der Waals surface area contributed by atoms with Gasteiger partial charge in [0.2, 0.25) is 0 Å². The second kappa shape index (κ2) is 4.95. The van der Waals surface area contributed by atoms with Gasteiger partial charge in [-0.3, -0.25) is 4.79 Å². The molecule has 1 rings (SSSR count). The summed E-state index contributed by atoms with van der Waals surface area (Å²) in [6.07, 6.45) is 3.21. The summed E-state index contributed by atoms with van der Waals surface area (Å²) in [7, 11) is 0. The predicted molar refractivity (Wildman–Crippen MR) is 54.2 cm³/mol. The van der Waals surface area contributed by atoms with Crippen molar-refractivity contribution in [3.8, 4) is 0 Å². The fourth-order valence-electron chi connectivity index (χ4n) is 0.931. The number of carboxylic acids is 1. The lowest BCUT2D eigenvalue weighted by Crippen LogP contribution is -2.22. The van der Waals surface area contributed by atoms with Crippen LogP contribution in [-0.4, -0.2) is 26.3 Å². The Balaban J connectivity index is 2.70. The quantitative estimate of drug-likeness (QED) is 0.607. The minimum Gasteiger partial charge on any atom is -0.480 e. The van der Waals surface area contributed by atoms with Crippen molar-refractivity contribution in [2.24, 2.45) is 5.92 Å². The molecule has 5 heteroatoms. The van der Waals surface area contributed by atoms with E-state index in [4.69, 9.17) is 5.11 Å². The van der Waals surface area contributed by atoms with Crippen LogP contribution in [0.15, 0.2) is 23.6 Å². The summed E-state index contributed by atoms with van der Waals surface area (Å²) in [5.74, 6) is -0.765. The monoisotopic (exact) mass is 212 g/mol. The molecule has 1 atom stereocenters. The molecule has 1 unspecified atom stereocenters. The molecule has 1 aromatic rings. The average molecular weight is 212 g/mol. The fraction of sp³-hybridized carbons (Fsp3) is 0.444. The van der Waals surface area contributed by atoms with E-state index < -0.39 is 11.2 Å². The molecule has 1 heterocycles. The molecule has 0 saturated carbocycles. The van der Waals surface area contributed by atoms with E-state index in [9.17, 15) is 4.79 Å². The third kappa shape index (κ3) is 2.99. The number of hydrogen-bond donors (Lipinski definition) is 1. The van der Waals surface area contributed by atoms with Gasteiger partial charge in [0.1, 0.15) is 5.25 Å². The van der Waals surface area contributed by atoms with E-state index >= 15 is 0 Å². The molecule has 0 spiro atoms. The van der Waals surface area contributed by atoms with Crippen molar-refractivity contribution in [2.45, 2.75) is 24.3 Å². The second-order valence-corrected chi connectivity index (χ2v) is 4.26. The van der Waals surface area contributed by atoms with Crippen LogP contribution in [0.4, 0.5) is 0 Å². The van der Waals surface area contributed by atoms with Crippen molar-refractivity contribution in [2.75, 3.05) is 0 Å². The first-order valence-electron chi connectivity index (χ1n) is 4.27. The molecule has 0 bridgehead atoms. The first kappa shape index (κ1) is 11.0. The highest BCUT2D eigenvalue weighted by atomic mass is 32.2. The summed E-state index contributed by atoms with van der Waals surface area (Å²) in [5.41, 5.74) is 0. The van der Waals surface area contributed by atoms with Gasteiger partial charge in [0.15, 0.2) is 5.16 Å². The van der Waals surface area contributed by atoms with Gasteiger partial charge in [-0.1, -0.05) is 25.6 Å². The van der Waals surface area contributed by atoms with Crippen molar-refractivity contribution >= 4 is 17.7 Å². The smallest absolute Gasteiger partial charge is 0.317 e. The zero-order valence-electron chi connectivity index (χ0n) is 8.04. The van der Waals surface area contributed by atoms with Crippen LogP contribution in [0.3, 0.4) is 0 Å². The molecule has 1 N–H and O–H groups in total. The minimum atomic E-state index is -0.822. The van der Waals surface area contributed by atoms with Crippen LogP contribution in [0, 0.1) is 5.92 Å². The fourth-order valence-corrected chi connectivity index (χ4v) is 1.78. The Morgan fingerprint density at radius 2 is 2.00 bits per heavy atom. The molecule has 0 amide bonds. The average Bonchev–Trinajstić information content (AvgIpc) is 2.15. The number of aliphatic carboxylic acids is 1. The summed E-state index contributed by atoms with van der Waals surface area (Å²) in [4.78, 5) is 18.8. The summed E-state index contributed by atoms with van der Waals surface area (Å²) >= 11 is 1.18. The number of carbonyl (C=O) groups is 1. The van der Waals surface area contributed by atoms with Crippen molar-refractivity contribution in [3.63, 3.8) is 0 Å². The van der Waals surface area contributed by atoms with Gasteiger partial charge in [-0.25, -0.2) is 9.97 Å². The predicted octanol–water partition coefficient (Wildman–Crippen LogP) is 1.68. The van der Waals surface area contributed by atoms with Gasteiger partial charge in [0.25, 0.3) is 0 Å². The standard InChI is InChI=1S/C9H12N2O2S/c1-6(2)7(8(12)13)14-9-10-4-3-5-11-9/h3-7H,1-2H3,(H,12,13). The Kier molecular flexibility index (Phi) is 3.88. The molecule has 0 aromatic carbocycles. The molecule has 14 heavy (non-hydrogen) atoms. The SMILES string of the molecule is CC(C)C(Sc1ncccn1)C(=O)O. The molecule has 0 saturated heterocycles. The lowest BCUT2D eigenvalue weighted by Gasteiger charge is -2.13. The number of nitrogens with zero attached hydrogens (tertiary/aromatic N) is 2. The first-order chi connectivity index (χ1) is 6.61. The van der Waals surface area contributed by atoms with Gasteiger partial charge in [-0.05, 0) is 12.0 Å². The highest BCUT2D eigenvalue weighted by molar-refractivity contribution is 8.00. The molecule has 0 aliphatic rings. The molecule has 0 aliphatic heterocycles. The molecule has 0 fully saturated rings. The number of rotatable bonds is 4. The first-order valence-corrected chi connectivity index (χ1v) is 5.15. The number of aromatic nitrogens is 2. The van der Waals surface area contributed by atoms with Gasteiger partial charge in [-0.2, -0.15) is 0 Å². The molecular formula is C9H12N2O2S. The summed E-state index contributed by atoms with van der Waals surface area (Å²) in [6.45, 7) is 3.74. The second-order valence-electron chi connectivity index (χ2n) is 3.15. The van der Waals surface area contributed by atoms with Crippen LogP contribution in [0.25, 0.3) is 0 Å². The van der Waals surface area contributed by atoms with Crippen LogP contribution in [-0.2, 0) is 4.79 Å². The molecule has 1 aromatic heterocycles. The van der Waals surface area contributed by atoms with Crippen LogP contribution >= 0.6 is 11.8 Å². The van der Waals surface area contributed by atoms with E-state index in [1.165, 1.54) is 11.8 Å². The number of thioether (sulfide) groups is 1. The van der Waals surface area contributed by atoms with E-state index in [-0.39, 0.29) is 5.92 Å². The van der Waals surface area contributed by atoms with Gasteiger partial charge in [0.05, 0.1) is 0 Å². The normalized spacial score (nSPS) is 12.8. The van der Waals surface area contributed by atoms with E-state index in [1.807, 2.05) is 13.8 Å². The molecule has 4 nitrogen and oxygen atoms in total. The molecule has 0 radical (unpaired) electrons. The Morgan fingerprint density at radius 3 is 2.43 bits per heavy atom. The Morgan fingerprint density at radius 1 is 1.43 bits per heavy atom. The van der Waals surface area contributed by atoms with Gasteiger partial charge in [-0.15, -0.1) is 0 Å². The number of carboxylic acid groups (broad SMARTS) is 1. The molecular weight excluding hydrogens is 200 g/mol. The lowest BCUT2D eigenvalue weighted by molar-refractivity contribution is -0.137. The third-order valence-electron chi connectivity index (χ3n) is 1.62. The summed E-state index contributed by atoms with van der Waals surface area (Å²) in [6, 6.07) is 1.70. The largest absolute Gasteiger partial charge is 0.480 e. The van der Waals surface area contributed by atoms with E-state index in [2.05, 4.69) is 9.97 Å². The van der Waals surface area contributed by atoms with Crippen LogP contribution < -0.4 is 0 Å². The third-order valence-corrected chi connectivity index (χ3v) is 3.04. The van der Waals surface area contributed by atoms with E-state index in [0.29, 0.717) is 5.16 Å². The maximum absolute atomic E-state index is 10.9. The maximum Gasteiger partial charge on any atom is 0.317 e. The van der Waals surface area contributed by atoms with Crippen molar-refractivity contribution < 1.29 is 9.90 Å². The summed E-state index contributed by atoms with van der Waals surface area (Å²) < 4.78 is 0. The molecule has 76 valence electrons. The van der Waals surface area contributed by atoms with Crippen LogP contribution in [0.2, 0.25) is 0 Å². The number of hydrogen-bond acceptors (Lipinski definition) is 4. The minimum absolute atomic E-state index is 0.0568.